The zero-order valence-electron chi connectivity index (χ0n) is 11.3. The van der Waals surface area contributed by atoms with E-state index >= 15 is 0 Å². The fourth-order valence-electron chi connectivity index (χ4n) is 2.41. The third-order valence-electron chi connectivity index (χ3n) is 3.91. The zero-order valence-corrected chi connectivity index (χ0v) is 12.1. The minimum absolute atomic E-state index is 0.136. The second-order valence-electron chi connectivity index (χ2n) is 5.43. The summed E-state index contributed by atoms with van der Waals surface area (Å²) in [5.41, 5.74) is 0. The lowest BCUT2D eigenvalue weighted by Crippen LogP contribution is -2.40. The van der Waals surface area contributed by atoms with Crippen LogP contribution in [0.25, 0.3) is 0 Å². The molecule has 1 aromatic rings. The van der Waals surface area contributed by atoms with E-state index in [0.717, 1.165) is 43.9 Å². The molecule has 1 N–H and O–H groups in total. The normalized spacial score (nSPS) is 20.4. The molecule has 1 aliphatic carbocycles. The lowest BCUT2D eigenvalue weighted by molar-refractivity contribution is -0.129. The first-order valence-corrected chi connectivity index (χ1v) is 8.06. The number of piperidine rings is 1. The lowest BCUT2D eigenvalue weighted by atomic mass is 9.98. The Morgan fingerprint density at radius 3 is 2.70 bits per heavy atom. The van der Waals surface area contributed by atoms with Gasteiger partial charge in [-0.15, -0.1) is 5.10 Å². The third kappa shape index (κ3) is 3.12. The van der Waals surface area contributed by atoms with Crippen molar-refractivity contribution in [3.63, 3.8) is 0 Å². The van der Waals surface area contributed by atoms with Gasteiger partial charge in [0.05, 0.1) is 11.8 Å². The molecular formula is C12H19N5O2S. The predicted molar refractivity (Wildman–Crippen MR) is 73.2 cm³/mol. The van der Waals surface area contributed by atoms with Crippen LogP contribution in [0.3, 0.4) is 0 Å². The van der Waals surface area contributed by atoms with Crippen molar-refractivity contribution in [1.29, 1.82) is 0 Å². The first-order valence-electron chi connectivity index (χ1n) is 7.07. The summed E-state index contributed by atoms with van der Waals surface area (Å²) in [6, 6.07) is 0.433. The van der Waals surface area contributed by atoms with Crippen molar-refractivity contribution < 1.29 is 9.90 Å². The van der Waals surface area contributed by atoms with Gasteiger partial charge in [-0.1, -0.05) is 11.8 Å². The van der Waals surface area contributed by atoms with Gasteiger partial charge in [-0.25, -0.2) is 4.68 Å². The van der Waals surface area contributed by atoms with E-state index in [0.29, 0.717) is 17.7 Å². The average Bonchev–Trinajstić information content (AvgIpc) is 3.23. The monoisotopic (exact) mass is 297 g/mol. The van der Waals surface area contributed by atoms with Gasteiger partial charge in [-0.3, -0.25) is 4.79 Å². The molecule has 0 spiro atoms. The van der Waals surface area contributed by atoms with Crippen LogP contribution in [0.2, 0.25) is 0 Å². The molecule has 1 aliphatic heterocycles. The average molecular weight is 297 g/mol. The van der Waals surface area contributed by atoms with Crippen LogP contribution in [0.4, 0.5) is 0 Å². The van der Waals surface area contributed by atoms with E-state index in [1.165, 1.54) is 11.8 Å². The van der Waals surface area contributed by atoms with Gasteiger partial charge in [-0.05, 0) is 42.0 Å². The van der Waals surface area contributed by atoms with Gasteiger partial charge in [0.2, 0.25) is 11.1 Å². The summed E-state index contributed by atoms with van der Waals surface area (Å²) in [4.78, 5) is 14.0. The highest BCUT2D eigenvalue weighted by Crippen LogP contribution is 2.36. The van der Waals surface area contributed by atoms with Gasteiger partial charge in [0.1, 0.15) is 0 Å². The van der Waals surface area contributed by atoms with Gasteiger partial charge < -0.3 is 10.0 Å². The standard InChI is InChI=1S/C12H19N5O2S/c18-7-9-3-5-16(6-4-9)11(19)8-20-12-13-14-15-17(12)10-1-2-10/h9-10,18H,1-8H2. The molecule has 1 saturated carbocycles. The number of aliphatic hydroxyl groups is 1. The van der Waals surface area contributed by atoms with Crippen molar-refractivity contribution >= 4 is 17.7 Å². The summed E-state index contributed by atoms with van der Waals surface area (Å²) >= 11 is 1.42. The van der Waals surface area contributed by atoms with Crippen molar-refractivity contribution in [2.24, 2.45) is 5.92 Å². The van der Waals surface area contributed by atoms with Crippen LogP contribution in [0.5, 0.6) is 0 Å². The number of thioether (sulfide) groups is 1. The zero-order chi connectivity index (χ0) is 13.9. The number of likely N-dealkylation sites (tertiary alicyclic amines) is 1. The minimum Gasteiger partial charge on any atom is -0.396 e. The molecule has 110 valence electrons. The number of carbonyl (C=O) groups excluding carboxylic acids is 1. The number of nitrogens with zero attached hydrogens (tertiary/aromatic N) is 5. The molecule has 0 bridgehead atoms. The summed E-state index contributed by atoms with van der Waals surface area (Å²) in [6.07, 6.45) is 4.04. The molecule has 2 aliphatic rings. The Morgan fingerprint density at radius 1 is 1.30 bits per heavy atom. The molecule has 3 rings (SSSR count). The topological polar surface area (TPSA) is 84.1 Å². The largest absolute Gasteiger partial charge is 0.396 e. The SMILES string of the molecule is O=C(CSc1nnnn1C1CC1)N1CCC(CO)CC1. The maximum absolute atomic E-state index is 12.1. The number of amides is 1. The molecular weight excluding hydrogens is 278 g/mol. The van der Waals surface area contributed by atoms with E-state index in [1.54, 1.807) is 0 Å². The summed E-state index contributed by atoms with van der Waals surface area (Å²) in [5.74, 6) is 0.877. The summed E-state index contributed by atoms with van der Waals surface area (Å²) in [6.45, 7) is 1.73. The Hall–Kier alpha value is -1.15. The fraction of sp³-hybridized carbons (Fsp3) is 0.833. The van der Waals surface area contributed by atoms with Crippen LogP contribution < -0.4 is 0 Å². The molecule has 20 heavy (non-hydrogen) atoms. The lowest BCUT2D eigenvalue weighted by Gasteiger charge is -2.31. The molecule has 0 aromatic carbocycles. The highest BCUT2D eigenvalue weighted by molar-refractivity contribution is 7.99. The number of aromatic nitrogens is 4. The van der Waals surface area contributed by atoms with E-state index in [-0.39, 0.29) is 12.5 Å². The quantitative estimate of drug-likeness (QED) is 0.789. The molecule has 2 heterocycles. The molecule has 1 amide bonds. The maximum atomic E-state index is 12.1. The van der Waals surface area contributed by atoms with Crippen LogP contribution in [0.15, 0.2) is 5.16 Å². The molecule has 7 nitrogen and oxygen atoms in total. The molecule has 0 radical (unpaired) electrons. The van der Waals surface area contributed by atoms with E-state index in [9.17, 15) is 4.79 Å². The van der Waals surface area contributed by atoms with Crippen LogP contribution >= 0.6 is 11.8 Å². The van der Waals surface area contributed by atoms with Crippen molar-refractivity contribution in [3.05, 3.63) is 0 Å². The molecule has 0 atom stereocenters. The molecule has 2 fully saturated rings. The van der Waals surface area contributed by atoms with Gasteiger partial charge in [0.15, 0.2) is 0 Å². The Bertz CT molecular complexity index is 468. The van der Waals surface area contributed by atoms with E-state index < -0.39 is 0 Å². The number of aliphatic hydroxyl groups excluding tert-OH is 1. The second kappa shape index (κ2) is 6.09. The van der Waals surface area contributed by atoms with Crippen LogP contribution in [-0.4, -0.2) is 61.6 Å². The molecule has 1 saturated heterocycles. The summed E-state index contributed by atoms with van der Waals surface area (Å²) in [7, 11) is 0. The number of tetrazole rings is 1. The predicted octanol–water partition coefficient (Wildman–Crippen LogP) is 0.331. The minimum atomic E-state index is 0.136. The van der Waals surface area contributed by atoms with Crippen molar-refractivity contribution in [2.45, 2.75) is 36.9 Å². The van der Waals surface area contributed by atoms with Gasteiger partial charge >= 0.3 is 0 Å². The highest BCUT2D eigenvalue weighted by atomic mass is 32.2. The maximum Gasteiger partial charge on any atom is 0.233 e. The molecule has 8 heteroatoms. The smallest absolute Gasteiger partial charge is 0.233 e. The summed E-state index contributed by atoms with van der Waals surface area (Å²) < 4.78 is 1.83. The number of rotatable bonds is 5. The van der Waals surface area contributed by atoms with Crippen molar-refractivity contribution in [2.75, 3.05) is 25.4 Å². The third-order valence-corrected chi connectivity index (χ3v) is 4.82. The Balaban J connectivity index is 1.48. The van der Waals surface area contributed by atoms with Gasteiger partial charge in [0.25, 0.3) is 0 Å². The van der Waals surface area contributed by atoms with Gasteiger partial charge in [0, 0.05) is 19.7 Å². The second-order valence-corrected chi connectivity index (χ2v) is 6.38. The Kier molecular flexibility index (Phi) is 4.21. The van der Waals surface area contributed by atoms with Crippen molar-refractivity contribution in [3.8, 4) is 0 Å². The van der Waals surface area contributed by atoms with Crippen LogP contribution in [0, 0.1) is 5.92 Å². The highest BCUT2D eigenvalue weighted by Gasteiger charge is 2.28. The van der Waals surface area contributed by atoms with Crippen LogP contribution in [0.1, 0.15) is 31.7 Å². The first-order chi connectivity index (χ1) is 9.78. The Labute approximate surface area is 121 Å². The first kappa shape index (κ1) is 13.8. The number of carbonyl (C=O) groups is 1. The fourth-order valence-corrected chi connectivity index (χ4v) is 3.26. The van der Waals surface area contributed by atoms with Gasteiger partial charge in [-0.2, -0.15) is 0 Å². The Morgan fingerprint density at radius 2 is 2.05 bits per heavy atom. The molecule has 0 unspecified atom stereocenters. The number of hydrogen-bond acceptors (Lipinski definition) is 6. The summed E-state index contributed by atoms with van der Waals surface area (Å²) in [5, 5.41) is 21.5. The van der Waals surface area contributed by atoms with Crippen molar-refractivity contribution in [1.82, 2.24) is 25.1 Å². The number of hydrogen-bond donors (Lipinski definition) is 1. The van der Waals surface area contributed by atoms with E-state index in [2.05, 4.69) is 15.5 Å². The van der Waals surface area contributed by atoms with E-state index in [1.807, 2.05) is 9.58 Å². The van der Waals surface area contributed by atoms with Crippen LogP contribution in [-0.2, 0) is 4.79 Å². The van der Waals surface area contributed by atoms with E-state index in [4.69, 9.17) is 5.11 Å². The molecule has 1 aromatic heterocycles.